The molecule has 0 atom stereocenters. The lowest BCUT2D eigenvalue weighted by Crippen LogP contribution is -2.49. The Morgan fingerprint density at radius 1 is 0.951 bits per heavy atom. The lowest BCUT2D eigenvalue weighted by atomic mass is 9.86. The highest BCUT2D eigenvalue weighted by atomic mass is 32.2. The molecule has 5 rings (SSSR count). The normalized spacial score (nSPS) is 16.5. The molecular weight excluding hydrogens is 536 g/mol. The molecule has 0 spiro atoms. The van der Waals surface area contributed by atoms with Crippen molar-refractivity contribution in [3.63, 3.8) is 0 Å². The molecule has 1 amide bonds. The Hall–Kier alpha value is -3.94. The van der Waals surface area contributed by atoms with Gasteiger partial charge in [-0.3, -0.25) is 4.79 Å². The average molecular weight is 573 g/mol. The lowest BCUT2D eigenvalue weighted by molar-refractivity contribution is 0.0745. The van der Waals surface area contributed by atoms with E-state index in [0.29, 0.717) is 37.8 Å². The van der Waals surface area contributed by atoms with Gasteiger partial charge in [0.25, 0.3) is 15.9 Å². The summed E-state index contributed by atoms with van der Waals surface area (Å²) in [5, 5.41) is 14.7. The first-order chi connectivity index (χ1) is 19.7. The Bertz CT molecular complexity index is 1580. The van der Waals surface area contributed by atoms with Crippen LogP contribution in [-0.4, -0.2) is 63.5 Å². The number of hydrogen-bond acceptors (Lipinski definition) is 7. The van der Waals surface area contributed by atoms with E-state index >= 15 is 0 Å². The van der Waals surface area contributed by atoms with Crippen molar-refractivity contribution in [3.8, 4) is 6.07 Å². The van der Waals surface area contributed by atoms with E-state index in [1.54, 1.807) is 12.1 Å². The third-order valence-electron chi connectivity index (χ3n) is 8.33. The number of hydrogen-bond donors (Lipinski definition) is 1. The molecule has 2 fully saturated rings. The topological polar surface area (TPSA) is 124 Å². The van der Waals surface area contributed by atoms with Crippen LogP contribution in [0.2, 0.25) is 0 Å². The van der Waals surface area contributed by atoms with Crippen molar-refractivity contribution in [1.29, 1.82) is 5.26 Å². The SMILES string of the molecule is Cc1cc(C)c(C(=O)N2CCN(c3cccnc3S(N)(=O)=O)CC2)cc1CC1CCN(c2ccccc2C#N)CC1. The third kappa shape index (κ3) is 6.21. The minimum atomic E-state index is -3.95. The van der Waals surface area contributed by atoms with Gasteiger partial charge in [0.05, 0.1) is 16.9 Å². The molecular formula is C31H36N6O3S. The summed E-state index contributed by atoms with van der Waals surface area (Å²) in [5.74, 6) is 0.519. The number of para-hydroxylation sites is 1. The number of piperidine rings is 1. The fourth-order valence-corrected chi connectivity index (χ4v) is 6.74. The van der Waals surface area contributed by atoms with E-state index in [9.17, 15) is 18.5 Å². The van der Waals surface area contributed by atoms with Gasteiger partial charge in [0.2, 0.25) is 0 Å². The van der Waals surface area contributed by atoms with E-state index in [0.717, 1.165) is 54.7 Å². The lowest BCUT2D eigenvalue weighted by Gasteiger charge is -2.37. The summed E-state index contributed by atoms with van der Waals surface area (Å²) in [7, 11) is -3.95. The van der Waals surface area contributed by atoms with Gasteiger partial charge in [-0.25, -0.2) is 18.5 Å². The zero-order chi connectivity index (χ0) is 29.1. The molecule has 3 heterocycles. The second-order valence-electron chi connectivity index (χ2n) is 11.0. The van der Waals surface area contributed by atoms with Crippen LogP contribution in [0, 0.1) is 31.1 Å². The molecule has 2 aliphatic heterocycles. The van der Waals surface area contributed by atoms with Crippen molar-refractivity contribution in [2.75, 3.05) is 49.1 Å². The number of aryl methyl sites for hydroxylation is 2. The van der Waals surface area contributed by atoms with Crippen LogP contribution in [0.3, 0.4) is 0 Å². The number of carbonyl (C=O) groups is 1. The average Bonchev–Trinajstić information content (AvgIpc) is 2.98. The molecule has 1 aromatic heterocycles. The highest BCUT2D eigenvalue weighted by molar-refractivity contribution is 7.89. The van der Waals surface area contributed by atoms with Gasteiger partial charge in [-0.2, -0.15) is 5.26 Å². The Morgan fingerprint density at radius 2 is 1.61 bits per heavy atom. The van der Waals surface area contributed by atoms with Crippen LogP contribution in [0.5, 0.6) is 0 Å². The number of sulfonamides is 1. The molecule has 2 N–H and O–H groups in total. The van der Waals surface area contributed by atoms with Crippen LogP contribution in [0.25, 0.3) is 0 Å². The van der Waals surface area contributed by atoms with Gasteiger partial charge in [0, 0.05) is 51.0 Å². The van der Waals surface area contributed by atoms with Crippen molar-refractivity contribution >= 4 is 27.3 Å². The standard InChI is InChI=1S/C31H36N6O3S/c1-22-18-23(2)27(20-26(22)19-24-9-12-35(13-10-24)28-7-4-3-6-25(28)21-32)31(38)37-16-14-36(15-17-37)29-8-5-11-34-30(29)41(33,39)40/h3-8,11,18,20,24H,9-10,12-17,19H2,1-2H3,(H2,33,39,40). The number of rotatable bonds is 6. The number of anilines is 2. The van der Waals surface area contributed by atoms with Crippen molar-refractivity contribution in [3.05, 3.63) is 82.5 Å². The van der Waals surface area contributed by atoms with Gasteiger partial charge >= 0.3 is 0 Å². The number of piperazine rings is 1. The van der Waals surface area contributed by atoms with Crippen LogP contribution in [-0.2, 0) is 16.4 Å². The minimum Gasteiger partial charge on any atom is -0.370 e. The molecule has 0 aliphatic carbocycles. The van der Waals surface area contributed by atoms with Crippen molar-refractivity contribution < 1.29 is 13.2 Å². The van der Waals surface area contributed by atoms with E-state index in [2.05, 4.69) is 35.0 Å². The van der Waals surface area contributed by atoms with Gasteiger partial charge < -0.3 is 14.7 Å². The first kappa shape index (κ1) is 28.6. The van der Waals surface area contributed by atoms with Crippen molar-refractivity contribution in [2.24, 2.45) is 11.1 Å². The zero-order valence-electron chi connectivity index (χ0n) is 23.6. The molecule has 3 aromatic rings. The van der Waals surface area contributed by atoms with Crippen molar-refractivity contribution in [2.45, 2.75) is 38.1 Å². The third-order valence-corrected chi connectivity index (χ3v) is 9.18. The van der Waals surface area contributed by atoms with Gasteiger partial charge in [-0.1, -0.05) is 18.2 Å². The van der Waals surface area contributed by atoms with Gasteiger partial charge in [0.15, 0.2) is 5.03 Å². The van der Waals surface area contributed by atoms with Crippen LogP contribution in [0.1, 0.15) is 45.5 Å². The summed E-state index contributed by atoms with van der Waals surface area (Å²) in [4.78, 5) is 23.7. The second kappa shape index (κ2) is 11.9. The molecule has 0 saturated carbocycles. The quantitative estimate of drug-likeness (QED) is 0.478. The number of pyridine rings is 1. The largest absolute Gasteiger partial charge is 0.370 e. The Morgan fingerprint density at radius 3 is 2.29 bits per heavy atom. The number of nitrogens with zero attached hydrogens (tertiary/aromatic N) is 5. The molecule has 41 heavy (non-hydrogen) atoms. The smallest absolute Gasteiger partial charge is 0.257 e. The van der Waals surface area contributed by atoms with Gasteiger partial charge in [-0.15, -0.1) is 0 Å². The summed E-state index contributed by atoms with van der Waals surface area (Å²) in [6.45, 7) is 7.86. The second-order valence-corrected chi connectivity index (χ2v) is 12.5. The van der Waals surface area contributed by atoms with E-state index in [4.69, 9.17) is 5.14 Å². The summed E-state index contributed by atoms with van der Waals surface area (Å²) < 4.78 is 24.0. The molecule has 2 saturated heterocycles. The number of primary sulfonamides is 1. The highest BCUT2D eigenvalue weighted by Gasteiger charge is 2.28. The molecule has 2 aliphatic rings. The van der Waals surface area contributed by atoms with E-state index in [-0.39, 0.29) is 10.9 Å². The molecule has 0 unspecified atom stereocenters. The molecule has 9 nitrogen and oxygen atoms in total. The maximum Gasteiger partial charge on any atom is 0.257 e. The predicted molar refractivity (Wildman–Crippen MR) is 159 cm³/mol. The van der Waals surface area contributed by atoms with Gasteiger partial charge in [-0.05, 0) is 86.1 Å². The number of carbonyl (C=O) groups excluding carboxylic acids is 1. The summed E-state index contributed by atoms with van der Waals surface area (Å²) in [6, 6.07) is 17.7. The van der Waals surface area contributed by atoms with Gasteiger partial charge in [0.1, 0.15) is 6.07 Å². The number of benzene rings is 2. The van der Waals surface area contributed by atoms with Crippen LogP contribution < -0.4 is 14.9 Å². The van der Waals surface area contributed by atoms with Crippen LogP contribution in [0.15, 0.2) is 59.8 Å². The molecule has 214 valence electrons. The van der Waals surface area contributed by atoms with Crippen molar-refractivity contribution in [1.82, 2.24) is 9.88 Å². The van der Waals surface area contributed by atoms with E-state index in [1.165, 1.54) is 17.3 Å². The fraction of sp³-hybridized carbons (Fsp3) is 0.387. The first-order valence-electron chi connectivity index (χ1n) is 14.0. The number of aromatic nitrogens is 1. The summed E-state index contributed by atoms with van der Waals surface area (Å²) in [6.07, 6.45) is 4.41. The monoisotopic (exact) mass is 572 g/mol. The van der Waals surface area contributed by atoms with E-state index in [1.807, 2.05) is 41.0 Å². The maximum atomic E-state index is 13.7. The molecule has 2 aromatic carbocycles. The zero-order valence-corrected chi connectivity index (χ0v) is 24.4. The molecule has 0 radical (unpaired) electrons. The van der Waals surface area contributed by atoms with Crippen LogP contribution >= 0.6 is 0 Å². The Kier molecular flexibility index (Phi) is 8.29. The summed E-state index contributed by atoms with van der Waals surface area (Å²) >= 11 is 0. The number of amides is 1. The molecule has 10 heteroatoms. The number of nitrogens with two attached hydrogens (primary N) is 1. The summed E-state index contributed by atoms with van der Waals surface area (Å²) in [5.41, 5.74) is 6.30. The Balaban J connectivity index is 1.24. The maximum absolute atomic E-state index is 13.7. The highest BCUT2D eigenvalue weighted by Crippen LogP contribution is 2.30. The first-order valence-corrected chi connectivity index (χ1v) is 15.6. The fourth-order valence-electron chi connectivity index (χ4n) is 6.04. The van der Waals surface area contributed by atoms with Crippen LogP contribution in [0.4, 0.5) is 11.4 Å². The van der Waals surface area contributed by atoms with E-state index < -0.39 is 10.0 Å². The minimum absolute atomic E-state index is 0.00388. The molecule has 0 bridgehead atoms. The number of nitriles is 1. The predicted octanol–water partition coefficient (Wildman–Crippen LogP) is 3.64. The Labute approximate surface area is 242 Å².